The van der Waals surface area contributed by atoms with E-state index >= 15 is 0 Å². The van der Waals surface area contributed by atoms with Gasteiger partial charge in [0.15, 0.2) is 0 Å². The monoisotopic (exact) mass is 432 g/mol. The van der Waals surface area contributed by atoms with Gasteiger partial charge in [0.2, 0.25) is 0 Å². The van der Waals surface area contributed by atoms with Crippen LogP contribution in [0.2, 0.25) is 5.02 Å². The van der Waals surface area contributed by atoms with Gasteiger partial charge in [0.1, 0.15) is 29.5 Å². The summed E-state index contributed by atoms with van der Waals surface area (Å²) in [7, 11) is 1.45. The van der Waals surface area contributed by atoms with Crippen LogP contribution in [0, 0.1) is 29.6 Å². The van der Waals surface area contributed by atoms with Crippen LogP contribution >= 0.6 is 11.6 Å². The second-order valence-corrected chi connectivity index (χ2v) is 10.5. The summed E-state index contributed by atoms with van der Waals surface area (Å²) in [5, 5.41) is 10.6. The summed E-state index contributed by atoms with van der Waals surface area (Å²) in [5.74, 6) is 0.455. The Balaban J connectivity index is 1.62. The van der Waals surface area contributed by atoms with E-state index in [1.54, 1.807) is 6.92 Å². The van der Waals surface area contributed by atoms with Crippen molar-refractivity contribution in [1.29, 1.82) is 0 Å². The number of esters is 1. The van der Waals surface area contributed by atoms with Gasteiger partial charge in [0.05, 0.1) is 12.1 Å². The Morgan fingerprint density at radius 2 is 1.97 bits per heavy atom. The number of carbonyl (C=O) groups is 2. The lowest BCUT2D eigenvalue weighted by Crippen LogP contribution is -2.53. The van der Waals surface area contributed by atoms with Crippen LogP contribution in [-0.4, -0.2) is 30.6 Å². The largest absolute Gasteiger partial charge is 0.507 e. The van der Waals surface area contributed by atoms with Crippen LogP contribution in [-0.2, 0) is 9.53 Å². The van der Waals surface area contributed by atoms with Crippen LogP contribution in [0.25, 0.3) is 0 Å². The molecule has 6 heteroatoms. The average molecular weight is 433 g/mol. The maximum absolute atomic E-state index is 13.0. The van der Waals surface area contributed by atoms with E-state index in [2.05, 4.69) is 20.8 Å². The van der Waals surface area contributed by atoms with E-state index in [0.29, 0.717) is 29.6 Å². The van der Waals surface area contributed by atoms with E-state index in [9.17, 15) is 14.7 Å². The van der Waals surface area contributed by atoms with Crippen molar-refractivity contribution in [3.63, 3.8) is 0 Å². The van der Waals surface area contributed by atoms with Crippen molar-refractivity contribution < 1.29 is 24.2 Å². The standard InChI is InChI=1S/C24H29ClO5/c1-12-19(16(27)7-17(29-5)21(12)25)22(28)30-18-10-24(4)15-9-23(2,3)8-13(15)6-14(11-26)20(18)24/h7,11,13,15,18,27H,6,8-10H2,1-5H3. The number of hydrogen-bond donors (Lipinski definition) is 1. The number of phenols is 1. The fourth-order valence-corrected chi connectivity index (χ4v) is 6.59. The Labute approximate surface area is 182 Å². The van der Waals surface area contributed by atoms with E-state index in [4.69, 9.17) is 21.1 Å². The molecule has 0 bridgehead atoms. The molecule has 4 unspecified atom stereocenters. The fourth-order valence-electron chi connectivity index (χ4n) is 6.36. The predicted octanol–water partition coefficient (Wildman–Crippen LogP) is 5.25. The highest BCUT2D eigenvalue weighted by Gasteiger charge is 2.61. The first-order valence-electron chi connectivity index (χ1n) is 10.5. The number of fused-ring (bicyclic) bond motifs is 3. The van der Waals surface area contributed by atoms with Crippen molar-refractivity contribution in [1.82, 2.24) is 0 Å². The van der Waals surface area contributed by atoms with Crippen LogP contribution in [0.15, 0.2) is 17.2 Å². The molecule has 0 amide bonds. The second-order valence-electron chi connectivity index (χ2n) is 10.1. The molecular weight excluding hydrogens is 404 g/mol. The highest BCUT2D eigenvalue weighted by atomic mass is 35.5. The first-order chi connectivity index (χ1) is 14.0. The van der Waals surface area contributed by atoms with Crippen LogP contribution in [0.4, 0.5) is 0 Å². The normalized spacial score (nSPS) is 31.5. The molecule has 0 aromatic heterocycles. The van der Waals surface area contributed by atoms with Crippen molar-refractivity contribution in [2.75, 3.05) is 7.11 Å². The first kappa shape index (κ1) is 21.2. The molecule has 3 aliphatic carbocycles. The summed E-state index contributed by atoms with van der Waals surface area (Å²) in [6.07, 6.45) is 4.22. The summed E-state index contributed by atoms with van der Waals surface area (Å²) >= 11 is 6.27. The van der Waals surface area contributed by atoms with Gasteiger partial charge in [-0.05, 0) is 72.0 Å². The molecule has 0 heterocycles. The quantitative estimate of drug-likeness (QED) is 0.519. The molecule has 162 valence electrons. The number of carbonyl (C=O) groups excluding carboxylic acids is 2. The smallest absolute Gasteiger partial charge is 0.342 e. The third-order valence-electron chi connectivity index (χ3n) is 7.61. The summed E-state index contributed by atoms with van der Waals surface area (Å²) in [4.78, 5) is 24.9. The first-order valence-corrected chi connectivity index (χ1v) is 10.9. The highest BCUT2D eigenvalue weighted by molar-refractivity contribution is 6.33. The van der Waals surface area contributed by atoms with Crippen molar-refractivity contribution >= 4 is 23.9 Å². The van der Waals surface area contributed by atoms with Gasteiger partial charge in [0, 0.05) is 6.07 Å². The van der Waals surface area contributed by atoms with E-state index in [1.807, 2.05) is 0 Å². The lowest BCUT2D eigenvalue weighted by Gasteiger charge is -2.56. The molecule has 0 spiro atoms. The Bertz CT molecular complexity index is 963. The van der Waals surface area contributed by atoms with Crippen molar-refractivity contribution in [3.8, 4) is 11.5 Å². The van der Waals surface area contributed by atoms with Crippen molar-refractivity contribution in [2.24, 2.45) is 22.7 Å². The van der Waals surface area contributed by atoms with E-state index in [1.165, 1.54) is 13.2 Å². The number of rotatable bonds is 4. The van der Waals surface area contributed by atoms with E-state index in [-0.39, 0.29) is 27.2 Å². The summed E-state index contributed by atoms with van der Waals surface area (Å²) < 4.78 is 10.9. The fraction of sp³-hybridized carbons (Fsp3) is 0.583. The number of methoxy groups -OCH3 is 1. The maximum Gasteiger partial charge on any atom is 0.342 e. The van der Waals surface area contributed by atoms with Crippen LogP contribution in [0.1, 0.15) is 62.4 Å². The van der Waals surface area contributed by atoms with E-state index in [0.717, 1.165) is 36.7 Å². The minimum Gasteiger partial charge on any atom is -0.507 e. The highest BCUT2D eigenvalue weighted by Crippen LogP contribution is 2.66. The van der Waals surface area contributed by atoms with Crippen molar-refractivity contribution in [2.45, 2.75) is 59.5 Å². The van der Waals surface area contributed by atoms with Crippen LogP contribution in [0.5, 0.6) is 11.5 Å². The minimum absolute atomic E-state index is 0.0401. The average Bonchev–Trinajstić information content (AvgIpc) is 2.97. The van der Waals surface area contributed by atoms with Gasteiger partial charge in [-0.3, -0.25) is 4.79 Å². The minimum atomic E-state index is -0.631. The second kappa shape index (κ2) is 7.01. The molecule has 1 aromatic carbocycles. The molecule has 2 saturated carbocycles. The zero-order chi connectivity index (χ0) is 22.0. The number of hydrogen-bond acceptors (Lipinski definition) is 5. The predicted molar refractivity (Wildman–Crippen MR) is 114 cm³/mol. The Morgan fingerprint density at radius 1 is 1.27 bits per heavy atom. The topological polar surface area (TPSA) is 72.8 Å². The van der Waals surface area contributed by atoms with Gasteiger partial charge in [-0.2, -0.15) is 0 Å². The lowest BCUT2D eigenvalue weighted by molar-refractivity contribution is -0.106. The SMILES string of the molecule is COc1cc(O)c(C(=O)OC2CC3(C)C2=C(C=O)CC2CC(C)(C)CC23)c(C)c1Cl. The molecule has 2 fully saturated rings. The molecule has 0 aliphatic heterocycles. The van der Waals surface area contributed by atoms with Gasteiger partial charge in [0.25, 0.3) is 0 Å². The molecule has 3 aliphatic rings. The number of ether oxygens (including phenoxy) is 2. The number of aromatic hydroxyl groups is 1. The summed E-state index contributed by atoms with van der Waals surface area (Å²) in [6, 6.07) is 1.32. The number of aldehydes is 1. The maximum atomic E-state index is 13.0. The summed E-state index contributed by atoms with van der Waals surface area (Å²) in [5.41, 5.74) is 2.37. The van der Waals surface area contributed by atoms with Gasteiger partial charge < -0.3 is 14.6 Å². The Hall–Kier alpha value is -2.01. The molecule has 1 aromatic rings. The molecule has 30 heavy (non-hydrogen) atoms. The molecule has 4 rings (SSSR count). The van der Waals surface area contributed by atoms with E-state index < -0.39 is 12.1 Å². The van der Waals surface area contributed by atoms with Crippen LogP contribution < -0.4 is 4.74 Å². The zero-order valence-corrected chi connectivity index (χ0v) is 18.9. The Morgan fingerprint density at radius 3 is 2.60 bits per heavy atom. The van der Waals surface area contributed by atoms with Gasteiger partial charge >= 0.3 is 5.97 Å². The zero-order valence-electron chi connectivity index (χ0n) is 18.2. The number of benzene rings is 1. The molecule has 5 nitrogen and oxygen atoms in total. The Kier molecular flexibility index (Phi) is 4.96. The van der Waals surface area contributed by atoms with Gasteiger partial charge in [-0.15, -0.1) is 0 Å². The molecular formula is C24H29ClO5. The van der Waals surface area contributed by atoms with Gasteiger partial charge in [-0.1, -0.05) is 32.4 Å². The number of halogens is 1. The van der Waals surface area contributed by atoms with Gasteiger partial charge in [-0.25, -0.2) is 4.79 Å². The number of phenolic OH excluding ortho intramolecular Hbond substituents is 1. The number of allylic oxidation sites excluding steroid dienone is 1. The molecule has 4 atom stereocenters. The van der Waals surface area contributed by atoms with Crippen LogP contribution in [0.3, 0.4) is 0 Å². The third-order valence-corrected chi connectivity index (χ3v) is 8.08. The lowest BCUT2D eigenvalue weighted by atomic mass is 9.50. The molecule has 0 saturated heterocycles. The van der Waals surface area contributed by atoms with Crippen molar-refractivity contribution in [3.05, 3.63) is 33.4 Å². The molecule has 1 N–H and O–H groups in total. The summed E-state index contributed by atoms with van der Waals surface area (Å²) in [6.45, 7) is 8.45. The third kappa shape index (κ3) is 3.05. The molecule has 0 radical (unpaired) electrons.